The van der Waals surface area contributed by atoms with Crippen LogP contribution in [0.3, 0.4) is 0 Å². The van der Waals surface area contributed by atoms with Crippen molar-refractivity contribution in [2.45, 2.75) is 37.6 Å². The molecule has 0 aromatic carbocycles. The Morgan fingerprint density at radius 3 is 2.69 bits per heavy atom. The maximum Gasteiger partial charge on any atom is 0.490 e. The Hall–Kier alpha value is -2.66. The van der Waals surface area contributed by atoms with Crippen LogP contribution in [-0.4, -0.2) is 64.9 Å². The zero-order valence-corrected chi connectivity index (χ0v) is 17.8. The number of ether oxygens (including phenoxy) is 2. The van der Waals surface area contributed by atoms with E-state index in [1.165, 1.54) is 0 Å². The number of carbonyl (C=O) groups excluding carboxylic acids is 1. The lowest BCUT2D eigenvalue weighted by Gasteiger charge is -2.37. The third-order valence-electron chi connectivity index (χ3n) is 5.24. The van der Waals surface area contributed by atoms with Crippen LogP contribution in [0.15, 0.2) is 41.2 Å². The maximum atomic E-state index is 12.7. The van der Waals surface area contributed by atoms with Crippen molar-refractivity contribution >= 4 is 23.2 Å². The highest BCUT2D eigenvalue weighted by molar-refractivity contribution is 7.08. The predicted molar refractivity (Wildman–Crippen MR) is 109 cm³/mol. The van der Waals surface area contributed by atoms with Crippen molar-refractivity contribution in [1.82, 2.24) is 9.88 Å². The minimum absolute atomic E-state index is 0.137. The molecule has 3 atom stereocenters. The molecule has 32 heavy (non-hydrogen) atoms. The summed E-state index contributed by atoms with van der Waals surface area (Å²) < 4.78 is 43.5. The lowest BCUT2D eigenvalue weighted by molar-refractivity contribution is -0.192. The number of carbonyl (C=O) groups is 2. The quantitative estimate of drug-likeness (QED) is 0.718. The Balaban J connectivity index is 0.000000360. The number of alkyl halides is 3. The molecular weight excluding hydrogens is 449 g/mol. The van der Waals surface area contributed by atoms with Crippen molar-refractivity contribution in [1.29, 1.82) is 0 Å². The van der Waals surface area contributed by atoms with Gasteiger partial charge in [-0.1, -0.05) is 6.07 Å². The summed E-state index contributed by atoms with van der Waals surface area (Å²) >= 11 is 1.63. The van der Waals surface area contributed by atoms with E-state index in [0.717, 1.165) is 18.4 Å². The number of aromatic nitrogens is 1. The van der Waals surface area contributed by atoms with Crippen LogP contribution in [0.25, 0.3) is 0 Å². The normalized spacial score (nSPS) is 22.5. The van der Waals surface area contributed by atoms with E-state index in [9.17, 15) is 18.0 Å². The Morgan fingerprint density at radius 2 is 2.06 bits per heavy atom. The molecule has 0 radical (unpaired) electrons. The van der Waals surface area contributed by atoms with Crippen molar-refractivity contribution in [2.24, 2.45) is 5.92 Å². The lowest BCUT2D eigenvalue weighted by atomic mass is 10.1. The molecule has 1 saturated carbocycles. The van der Waals surface area contributed by atoms with Crippen LogP contribution in [0, 0.1) is 5.92 Å². The van der Waals surface area contributed by atoms with Gasteiger partial charge < -0.3 is 19.5 Å². The van der Waals surface area contributed by atoms with Crippen LogP contribution in [-0.2, 0) is 20.7 Å². The van der Waals surface area contributed by atoms with E-state index in [4.69, 9.17) is 19.4 Å². The fourth-order valence-electron chi connectivity index (χ4n) is 3.80. The van der Waals surface area contributed by atoms with Crippen molar-refractivity contribution in [3.63, 3.8) is 0 Å². The number of morpholine rings is 1. The van der Waals surface area contributed by atoms with Crippen molar-refractivity contribution in [3.8, 4) is 5.88 Å². The van der Waals surface area contributed by atoms with Crippen LogP contribution < -0.4 is 4.74 Å². The summed E-state index contributed by atoms with van der Waals surface area (Å²) in [6.07, 6.45) is -0.843. The molecule has 3 heterocycles. The van der Waals surface area contributed by atoms with E-state index in [1.54, 1.807) is 17.5 Å². The van der Waals surface area contributed by atoms with E-state index in [-0.39, 0.29) is 18.1 Å². The Labute approximate surface area is 186 Å². The molecule has 4 rings (SSSR count). The van der Waals surface area contributed by atoms with Gasteiger partial charge in [-0.15, -0.1) is 0 Å². The van der Waals surface area contributed by atoms with Crippen LogP contribution in [0.5, 0.6) is 5.88 Å². The second-order valence-electron chi connectivity index (χ2n) is 7.49. The Kier molecular flexibility index (Phi) is 8.08. The lowest BCUT2D eigenvalue weighted by Crippen LogP contribution is -2.51. The third kappa shape index (κ3) is 6.67. The Bertz CT molecular complexity index is 879. The van der Waals surface area contributed by atoms with Gasteiger partial charge in [0.2, 0.25) is 11.8 Å². The fraction of sp³-hybridized carbons (Fsp3) is 0.476. The smallest absolute Gasteiger partial charge is 0.477 e. The van der Waals surface area contributed by atoms with Gasteiger partial charge in [0.05, 0.1) is 31.8 Å². The molecule has 2 aromatic heterocycles. The van der Waals surface area contributed by atoms with E-state index in [2.05, 4.69) is 4.98 Å². The minimum atomic E-state index is -5.08. The fourth-order valence-corrected chi connectivity index (χ4v) is 4.47. The molecule has 1 saturated heterocycles. The zero-order valence-electron chi connectivity index (χ0n) is 17.0. The molecule has 3 unspecified atom stereocenters. The second kappa shape index (κ2) is 10.8. The summed E-state index contributed by atoms with van der Waals surface area (Å²) in [6.45, 7) is 1.95. The molecule has 1 aliphatic carbocycles. The molecular formula is C21H23F3N2O5S. The van der Waals surface area contributed by atoms with Crippen molar-refractivity contribution in [3.05, 3.63) is 46.8 Å². The first-order valence-corrected chi connectivity index (χ1v) is 10.9. The Morgan fingerprint density at radius 1 is 1.28 bits per heavy atom. The summed E-state index contributed by atoms with van der Waals surface area (Å²) in [4.78, 5) is 27.9. The average Bonchev–Trinajstić information content (AvgIpc) is 3.41. The van der Waals surface area contributed by atoms with E-state index in [1.807, 2.05) is 39.9 Å². The number of fused-ring (bicyclic) bond motifs is 1. The standard InChI is InChI=1S/C19H22N2O3S.C2HF3O2/c22-19(11-14-4-8-25-13-14)21-6-7-23-17-10-15(9-16(17)21)12-24-18-3-1-2-5-20-18;3-2(4,5)1(6)7/h1-5,8,13,15-17H,6-7,9-12H2;(H,6,7). The van der Waals surface area contributed by atoms with Gasteiger partial charge in [-0.05, 0) is 47.2 Å². The summed E-state index contributed by atoms with van der Waals surface area (Å²) in [5.41, 5.74) is 1.10. The topological polar surface area (TPSA) is 89.0 Å². The molecule has 0 spiro atoms. The number of amides is 1. The highest BCUT2D eigenvalue weighted by Crippen LogP contribution is 2.35. The van der Waals surface area contributed by atoms with Gasteiger partial charge >= 0.3 is 12.1 Å². The molecule has 2 fully saturated rings. The van der Waals surface area contributed by atoms with Gasteiger partial charge in [-0.3, -0.25) is 4.79 Å². The number of aliphatic carboxylic acids is 1. The number of thiophene rings is 1. The summed E-state index contributed by atoms with van der Waals surface area (Å²) in [7, 11) is 0. The SMILES string of the molecule is O=C(Cc1ccsc1)N1CCOC2CC(COc3ccccn3)CC21.O=C(O)C(F)(F)F. The summed E-state index contributed by atoms with van der Waals surface area (Å²) in [6, 6.07) is 7.87. The van der Waals surface area contributed by atoms with Gasteiger partial charge in [0.1, 0.15) is 0 Å². The maximum absolute atomic E-state index is 12.7. The van der Waals surface area contributed by atoms with Gasteiger partial charge in [-0.25, -0.2) is 9.78 Å². The van der Waals surface area contributed by atoms with Gasteiger partial charge in [-0.2, -0.15) is 24.5 Å². The molecule has 1 amide bonds. The molecule has 2 aliphatic rings. The van der Waals surface area contributed by atoms with Crippen LogP contribution in [0.1, 0.15) is 18.4 Å². The number of rotatable bonds is 5. The molecule has 7 nitrogen and oxygen atoms in total. The summed E-state index contributed by atoms with van der Waals surface area (Å²) in [5.74, 6) is -1.49. The van der Waals surface area contributed by atoms with Crippen molar-refractivity contribution in [2.75, 3.05) is 19.8 Å². The van der Waals surface area contributed by atoms with Crippen molar-refractivity contribution < 1.29 is 37.3 Å². The van der Waals surface area contributed by atoms with Gasteiger partial charge in [0.25, 0.3) is 0 Å². The number of halogens is 3. The number of hydrogen-bond donors (Lipinski definition) is 1. The van der Waals surface area contributed by atoms with Gasteiger partial charge in [0.15, 0.2) is 0 Å². The first-order chi connectivity index (χ1) is 15.2. The highest BCUT2D eigenvalue weighted by Gasteiger charge is 2.43. The molecule has 174 valence electrons. The van der Waals surface area contributed by atoms with E-state index in [0.29, 0.717) is 38.0 Å². The molecule has 11 heteroatoms. The first kappa shape index (κ1) is 24.0. The number of nitrogens with zero attached hydrogens (tertiary/aromatic N) is 2. The molecule has 0 bridgehead atoms. The number of hydrogen-bond acceptors (Lipinski definition) is 6. The third-order valence-corrected chi connectivity index (χ3v) is 5.97. The number of carboxylic acid groups (broad SMARTS) is 1. The number of carboxylic acids is 1. The zero-order chi connectivity index (χ0) is 23.1. The van der Waals surface area contributed by atoms with E-state index >= 15 is 0 Å². The molecule has 1 N–H and O–H groups in total. The minimum Gasteiger partial charge on any atom is -0.477 e. The van der Waals surface area contributed by atoms with Crippen LogP contribution in [0.2, 0.25) is 0 Å². The molecule has 1 aliphatic heterocycles. The number of pyridine rings is 1. The highest BCUT2D eigenvalue weighted by atomic mass is 32.1. The predicted octanol–water partition coefficient (Wildman–Crippen LogP) is 3.40. The van der Waals surface area contributed by atoms with Crippen LogP contribution >= 0.6 is 11.3 Å². The molecule has 2 aromatic rings. The first-order valence-electron chi connectivity index (χ1n) is 10.00. The second-order valence-corrected chi connectivity index (χ2v) is 8.27. The summed E-state index contributed by atoms with van der Waals surface area (Å²) in [5, 5.41) is 11.2. The van der Waals surface area contributed by atoms with E-state index < -0.39 is 12.1 Å². The monoisotopic (exact) mass is 472 g/mol. The van der Waals surface area contributed by atoms with Crippen LogP contribution in [0.4, 0.5) is 13.2 Å². The average molecular weight is 472 g/mol. The van der Waals surface area contributed by atoms with Gasteiger partial charge in [0, 0.05) is 18.8 Å². The largest absolute Gasteiger partial charge is 0.490 e.